The number of Topliss-reactive ketones (excluding diaryl/α,β-unsaturated/α-hetero) is 1. The lowest BCUT2D eigenvalue weighted by atomic mass is 10.1. The molecule has 2 aromatic rings. The molecule has 0 saturated carbocycles. The number of benzene rings is 2. The standard InChI is InChI=1S/C21H20N2O4/c1-3-4-19(24)23-18-11-9-16(10-12-18)20(25)14(2)27-21(26)17-7-5-15(13-22)6-8-17/h5-12,14H,3-4H2,1-2H3,(H,23,24)/t14-/m1/s1. The van der Waals surface area contributed by atoms with Crippen LogP contribution in [0.3, 0.4) is 0 Å². The molecule has 1 atom stereocenters. The summed E-state index contributed by atoms with van der Waals surface area (Å²) >= 11 is 0. The van der Waals surface area contributed by atoms with Crippen LogP contribution in [0.4, 0.5) is 5.69 Å². The number of ether oxygens (including phenoxy) is 1. The summed E-state index contributed by atoms with van der Waals surface area (Å²) in [6.45, 7) is 3.42. The van der Waals surface area contributed by atoms with E-state index in [1.807, 2.05) is 13.0 Å². The largest absolute Gasteiger partial charge is 0.451 e. The third kappa shape index (κ3) is 5.51. The summed E-state index contributed by atoms with van der Waals surface area (Å²) in [7, 11) is 0. The van der Waals surface area contributed by atoms with Crippen molar-refractivity contribution in [3.8, 4) is 6.07 Å². The molecule has 6 heteroatoms. The zero-order valence-electron chi connectivity index (χ0n) is 15.2. The van der Waals surface area contributed by atoms with Gasteiger partial charge in [-0.25, -0.2) is 4.79 Å². The average Bonchev–Trinajstić information content (AvgIpc) is 2.68. The second-order valence-corrected chi connectivity index (χ2v) is 5.98. The highest BCUT2D eigenvalue weighted by Crippen LogP contribution is 2.14. The van der Waals surface area contributed by atoms with Crippen LogP contribution in [0.25, 0.3) is 0 Å². The van der Waals surface area contributed by atoms with Crippen LogP contribution in [0.1, 0.15) is 53.0 Å². The molecule has 0 bridgehead atoms. The first-order valence-corrected chi connectivity index (χ1v) is 8.60. The van der Waals surface area contributed by atoms with Crippen LogP contribution < -0.4 is 5.32 Å². The Bertz CT molecular complexity index is 865. The molecule has 0 aliphatic carbocycles. The molecule has 0 aliphatic heterocycles. The summed E-state index contributed by atoms with van der Waals surface area (Å²) in [6, 6.07) is 14.4. The van der Waals surface area contributed by atoms with Crippen LogP contribution in [-0.2, 0) is 9.53 Å². The van der Waals surface area contributed by atoms with Gasteiger partial charge in [-0.15, -0.1) is 0 Å². The zero-order valence-corrected chi connectivity index (χ0v) is 15.2. The fourth-order valence-electron chi connectivity index (χ4n) is 2.37. The van der Waals surface area contributed by atoms with Crippen molar-refractivity contribution in [2.45, 2.75) is 32.8 Å². The number of amides is 1. The summed E-state index contributed by atoms with van der Waals surface area (Å²) in [4.78, 5) is 36.1. The van der Waals surface area contributed by atoms with E-state index in [0.29, 0.717) is 23.2 Å². The normalized spacial score (nSPS) is 11.1. The van der Waals surface area contributed by atoms with Gasteiger partial charge in [0.2, 0.25) is 11.7 Å². The lowest BCUT2D eigenvalue weighted by molar-refractivity contribution is -0.116. The van der Waals surface area contributed by atoms with E-state index in [1.165, 1.54) is 31.2 Å². The van der Waals surface area contributed by atoms with Gasteiger partial charge in [-0.05, 0) is 61.9 Å². The fraction of sp³-hybridized carbons (Fsp3) is 0.238. The minimum atomic E-state index is -0.964. The van der Waals surface area contributed by atoms with E-state index < -0.39 is 12.1 Å². The van der Waals surface area contributed by atoms with Gasteiger partial charge < -0.3 is 10.1 Å². The highest BCUT2D eigenvalue weighted by atomic mass is 16.5. The van der Waals surface area contributed by atoms with Crippen LogP contribution in [-0.4, -0.2) is 23.8 Å². The SMILES string of the molecule is CCCC(=O)Nc1ccc(C(=O)[C@@H](C)OC(=O)c2ccc(C#N)cc2)cc1. The van der Waals surface area contributed by atoms with Crippen molar-refractivity contribution in [1.29, 1.82) is 5.26 Å². The van der Waals surface area contributed by atoms with E-state index in [0.717, 1.165) is 6.42 Å². The first kappa shape index (κ1) is 19.9. The molecule has 0 aliphatic rings. The van der Waals surface area contributed by atoms with Crippen molar-refractivity contribution in [3.05, 3.63) is 65.2 Å². The zero-order chi connectivity index (χ0) is 19.8. The molecular weight excluding hydrogens is 344 g/mol. The van der Waals surface area contributed by atoms with Gasteiger partial charge in [0.15, 0.2) is 6.10 Å². The van der Waals surface area contributed by atoms with Gasteiger partial charge in [-0.3, -0.25) is 9.59 Å². The molecule has 2 aromatic carbocycles. The Morgan fingerprint density at radius 1 is 1.04 bits per heavy atom. The second-order valence-electron chi connectivity index (χ2n) is 5.98. The molecule has 27 heavy (non-hydrogen) atoms. The molecular formula is C21H20N2O4. The molecule has 1 N–H and O–H groups in total. The molecule has 6 nitrogen and oxygen atoms in total. The van der Waals surface area contributed by atoms with Crippen LogP contribution in [0, 0.1) is 11.3 Å². The molecule has 0 heterocycles. The van der Waals surface area contributed by atoms with Gasteiger partial charge in [-0.2, -0.15) is 5.26 Å². The first-order chi connectivity index (χ1) is 12.9. The Morgan fingerprint density at radius 3 is 2.19 bits per heavy atom. The molecule has 0 aromatic heterocycles. The molecule has 0 saturated heterocycles. The summed E-state index contributed by atoms with van der Waals surface area (Å²) in [5, 5.41) is 11.5. The van der Waals surface area contributed by atoms with E-state index >= 15 is 0 Å². The Morgan fingerprint density at radius 2 is 1.63 bits per heavy atom. The van der Waals surface area contributed by atoms with Gasteiger partial charge in [0.05, 0.1) is 17.2 Å². The number of rotatable bonds is 7. The van der Waals surface area contributed by atoms with Crippen molar-refractivity contribution in [1.82, 2.24) is 0 Å². The number of nitriles is 1. The molecule has 0 fully saturated rings. The third-order valence-electron chi connectivity index (χ3n) is 3.83. The minimum absolute atomic E-state index is 0.0821. The maximum atomic E-state index is 12.4. The van der Waals surface area contributed by atoms with Crippen molar-refractivity contribution in [3.63, 3.8) is 0 Å². The van der Waals surface area contributed by atoms with Gasteiger partial charge in [-0.1, -0.05) is 6.92 Å². The summed E-state index contributed by atoms with van der Waals surface area (Å²) < 4.78 is 5.21. The topological polar surface area (TPSA) is 96.3 Å². The van der Waals surface area contributed by atoms with Gasteiger partial charge in [0.1, 0.15) is 0 Å². The number of hydrogen-bond acceptors (Lipinski definition) is 5. The number of nitrogens with zero attached hydrogens (tertiary/aromatic N) is 1. The van der Waals surface area contributed by atoms with E-state index in [4.69, 9.17) is 10.00 Å². The lowest BCUT2D eigenvalue weighted by Crippen LogP contribution is -2.24. The number of anilines is 1. The summed E-state index contributed by atoms with van der Waals surface area (Å²) in [6.07, 6.45) is 0.224. The maximum absolute atomic E-state index is 12.4. The minimum Gasteiger partial charge on any atom is -0.451 e. The molecule has 0 unspecified atom stereocenters. The molecule has 0 spiro atoms. The monoisotopic (exact) mass is 364 g/mol. The average molecular weight is 364 g/mol. The highest BCUT2D eigenvalue weighted by molar-refractivity contribution is 6.02. The summed E-state index contributed by atoms with van der Waals surface area (Å²) in [5.41, 5.74) is 1.68. The second kappa shape index (κ2) is 9.30. The molecule has 2 rings (SSSR count). The number of esters is 1. The quantitative estimate of drug-likeness (QED) is 0.596. The predicted octanol–water partition coefficient (Wildman–Crippen LogP) is 3.73. The van der Waals surface area contributed by atoms with Crippen molar-refractivity contribution in [2.75, 3.05) is 5.32 Å². The smallest absolute Gasteiger partial charge is 0.338 e. The van der Waals surface area contributed by atoms with E-state index in [2.05, 4.69) is 5.32 Å². The Balaban J connectivity index is 1.98. The van der Waals surface area contributed by atoms with Crippen LogP contribution in [0.2, 0.25) is 0 Å². The van der Waals surface area contributed by atoms with Crippen LogP contribution in [0.5, 0.6) is 0 Å². The maximum Gasteiger partial charge on any atom is 0.338 e. The number of ketones is 1. The van der Waals surface area contributed by atoms with Gasteiger partial charge in [0.25, 0.3) is 0 Å². The lowest BCUT2D eigenvalue weighted by Gasteiger charge is -2.13. The molecule has 1 amide bonds. The van der Waals surface area contributed by atoms with Crippen LogP contribution >= 0.6 is 0 Å². The Hall–Kier alpha value is -3.46. The Labute approximate surface area is 157 Å². The van der Waals surface area contributed by atoms with Gasteiger partial charge in [0, 0.05) is 17.7 Å². The van der Waals surface area contributed by atoms with Crippen molar-refractivity contribution >= 4 is 23.3 Å². The van der Waals surface area contributed by atoms with E-state index in [-0.39, 0.29) is 17.3 Å². The number of hydrogen-bond donors (Lipinski definition) is 1. The summed E-state index contributed by atoms with van der Waals surface area (Å²) in [5.74, 6) is -1.06. The number of carbonyl (C=O) groups is 3. The highest BCUT2D eigenvalue weighted by Gasteiger charge is 2.20. The third-order valence-corrected chi connectivity index (χ3v) is 3.83. The van der Waals surface area contributed by atoms with E-state index in [1.54, 1.807) is 24.3 Å². The van der Waals surface area contributed by atoms with Crippen molar-refractivity contribution < 1.29 is 19.1 Å². The van der Waals surface area contributed by atoms with Crippen molar-refractivity contribution in [2.24, 2.45) is 0 Å². The Kier molecular flexibility index (Phi) is 6.84. The molecule has 138 valence electrons. The first-order valence-electron chi connectivity index (χ1n) is 8.60. The van der Waals surface area contributed by atoms with Crippen LogP contribution in [0.15, 0.2) is 48.5 Å². The fourth-order valence-corrected chi connectivity index (χ4v) is 2.37. The number of carbonyl (C=O) groups excluding carboxylic acids is 3. The van der Waals surface area contributed by atoms with E-state index in [9.17, 15) is 14.4 Å². The number of nitrogens with one attached hydrogen (secondary N) is 1. The van der Waals surface area contributed by atoms with Gasteiger partial charge >= 0.3 is 5.97 Å². The predicted molar refractivity (Wildman–Crippen MR) is 100 cm³/mol. The molecule has 0 radical (unpaired) electrons.